The molecule has 1 unspecified atom stereocenters. The number of nitrogens with one attached hydrogen (secondary N) is 1. The Morgan fingerprint density at radius 3 is 2.61 bits per heavy atom. The minimum absolute atomic E-state index is 0.164. The Kier molecular flexibility index (Phi) is 5.11. The number of halogens is 1. The predicted molar refractivity (Wildman–Crippen MR) is 70.1 cm³/mol. The molecule has 3 nitrogen and oxygen atoms in total. The van der Waals surface area contributed by atoms with Crippen molar-refractivity contribution in [1.82, 2.24) is 5.32 Å². The van der Waals surface area contributed by atoms with Crippen molar-refractivity contribution in [3.8, 4) is 5.75 Å². The molecular formula is C14H22FNO2. The molecule has 0 aliphatic carbocycles. The molecule has 0 radical (unpaired) electrons. The fourth-order valence-corrected chi connectivity index (χ4v) is 1.48. The summed E-state index contributed by atoms with van der Waals surface area (Å²) in [6.45, 7) is 6.71. The molecule has 0 heterocycles. The molecule has 2 N–H and O–H groups in total. The third-order valence-electron chi connectivity index (χ3n) is 3.27. The first-order valence-corrected chi connectivity index (χ1v) is 6.12. The number of hydrogen-bond donors (Lipinski definition) is 2. The summed E-state index contributed by atoms with van der Waals surface area (Å²) >= 11 is 0. The van der Waals surface area contributed by atoms with Gasteiger partial charge in [-0.15, -0.1) is 0 Å². The molecule has 102 valence electrons. The fourth-order valence-electron chi connectivity index (χ4n) is 1.48. The zero-order chi connectivity index (χ0) is 13.8. The molecule has 0 saturated heterocycles. The van der Waals surface area contributed by atoms with E-state index in [1.54, 1.807) is 19.1 Å². The SMILES string of the molecule is COc1ccc(CNCC(C)(O)C(C)C)cc1F. The molecule has 18 heavy (non-hydrogen) atoms. The van der Waals surface area contributed by atoms with E-state index >= 15 is 0 Å². The van der Waals surface area contributed by atoms with Gasteiger partial charge in [-0.3, -0.25) is 0 Å². The maximum absolute atomic E-state index is 13.4. The third-order valence-corrected chi connectivity index (χ3v) is 3.27. The Labute approximate surface area is 108 Å². The number of hydrogen-bond acceptors (Lipinski definition) is 3. The van der Waals surface area contributed by atoms with E-state index in [4.69, 9.17) is 4.74 Å². The van der Waals surface area contributed by atoms with Crippen LogP contribution in [-0.4, -0.2) is 24.4 Å². The standard InChI is InChI=1S/C14H22FNO2/c1-10(2)14(3,17)9-16-8-11-5-6-13(18-4)12(15)7-11/h5-7,10,16-17H,8-9H2,1-4H3. The molecule has 1 aromatic rings. The quantitative estimate of drug-likeness (QED) is 0.819. The Bertz CT molecular complexity index is 391. The molecule has 0 aliphatic rings. The van der Waals surface area contributed by atoms with Crippen LogP contribution >= 0.6 is 0 Å². The molecule has 1 rings (SSSR count). The van der Waals surface area contributed by atoms with Gasteiger partial charge in [0.2, 0.25) is 0 Å². The first-order chi connectivity index (χ1) is 8.36. The van der Waals surface area contributed by atoms with E-state index in [0.717, 1.165) is 5.56 Å². The summed E-state index contributed by atoms with van der Waals surface area (Å²) in [6.07, 6.45) is 0. The summed E-state index contributed by atoms with van der Waals surface area (Å²) in [5.74, 6) is 0.0398. The van der Waals surface area contributed by atoms with Gasteiger partial charge in [-0.05, 0) is 30.5 Å². The Morgan fingerprint density at radius 2 is 2.11 bits per heavy atom. The van der Waals surface area contributed by atoms with Crippen LogP contribution in [0.2, 0.25) is 0 Å². The van der Waals surface area contributed by atoms with Crippen molar-refractivity contribution in [1.29, 1.82) is 0 Å². The molecule has 0 aromatic heterocycles. The molecule has 4 heteroatoms. The van der Waals surface area contributed by atoms with Crippen molar-refractivity contribution in [3.63, 3.8) is 0 Å². The summed E-state index contributed by atoms with van der Waals surface area (Å²) in [5, 5.41) is 13.2. The van der Waals surface area contributed by atoms with Crippen LogP contribution < -0.4 is 10.1 Å². The largest absolute Gasteiger partial charge is 0.494 e. The average molecular weight is 255 g/mol. The molecule has 0 saturated carbocycles. The summed E-state index contributed by atoms with van der Waals surface area (Å²) in [6, 6.07) is 4.85. The van der Waals surface area contributed by atoms with Crippen molar-refractivity contribution in [2.75, 3.05) is 13.7 Å². The van der Waals surface area contributed by atoms with E-state index in [0.29, 0.717) is 13.1 Å². The van der Waals surface area contributed by atoms with Gasteiger partial charge in [-0.1, -0.05) is 19.9 Å². The van der Waals surface area contributed by atoms with Crippen molar-refractivity contribution < 1.29 is 14.2 Å². The van der Waals surface area contributed by atoms with Crippen molar-refractivity contribution >= 4 is 0 Å². The molecule has 0 aliphatic heterocycles. The lowest BCUT2D eigenvalue weighted by atomic mass is 9.92. The number of rotatable bonds is 6. The Morgan fingerprint density at radius 1 is 1.44 bits per heavy atom. The van der Waals surface area contributed by atoms with Gasteiger partial charge >= 0.3 is 0 Å². The molecule has 0 bridgehead atoms. The second-order valence-electron chi connectivity index (χ2n) is 5.08. The van der Waals surface area contributed by atoms with Gasteiger partial charge in [0, 0.05) is 13.1 Å². The van der Waals surface area contributed by atoms with Crippen LogP contribution in [0.5, 0.6) is 5.75 Å². The highest BCUT2D eigenvalue weighted by Crippen LogP contribution is 2.18. The second-order valence-corrected chi connectivity index (χ2v) is 5.08. The average Bonchev–Trinajstić information content (AvgIpc) is 2.29. The molecule has 0 spiro atoms. The first kappa shape index (κ1) is 14.9. The van der Waals surface area contributed by atoms with Gasteiger partial charge in [-0.2, -0.15) is 0 Å². The summed E-state index contributed by atoms with van der Waals surface area (Å²) in [4.78, 5) is 0. The minimum Gasteiger partial charge on any atom is -0.494 e. The second kappa shape index (κ2) is 6.16. The van der Waals surface area contributed by atoms with E-state index < -0.39 is 5.60 Å². The zero-order valence-electron chi connectivity index (χ0n) is 11.5. The van der Waals surface area contributed by atoms with E-state index in [1.807, 2.05) is 13.8 Å². The molecule has 1 atom stereocenters. The van der Waals surface area contributed by atoms with Crippen molar-refractivity contribution in [3.05, 3.63) is 29.6 Å². The molecule has 1 aromatic carbocycles. The highest BCUT2D eigenvalue weighted by Gasteiger charge is 2.23. The van der Waals surface area contributed by atoms with E-state index in [2.05, 4.69) is 5.32 Å². The molecular weight excluding hydrogens is 233 g/mol. The third kappa shape index (κ3) is 3.96. The number of methoxy groups -OCH3 is 1. The van der Waals surface area contributed by atoms with Gasteiger partial charge in [0.1, 0.15) is 0 Å². The van der Waals surface area contributed by atoms with Crippen LogP contribution in [0.3, 0.4) is 0 Å². The lowest BCUT2D eigenvalue weighted by molar-refractivity contribution is 0.0140. The van der Waals surface area contributed by atoms with Crippen LogP contribution in [0.1, 0.15) is 26.3 Å². The predicted octanol–water partition coefficient (Wildman–Crippen LogP) is 2.33. The topological polar surface area (TPSA) is 41.5 Å². The fraction of sp³-hybridized carbons (Fsp3) is 0.571. The minimum atomic E-state index is -0.759. The zero-order valence-corrected chi connectivity index (χ0v) is 11.5. The van der Waals surface area contributed by atoms with E-state index in [9.17, 15) is 9.50 Å². The van der Waals surface area contributed by atoms with Crippen LogP contribution in [0.15, 0.2) is 18.2 Å². The maximum Gasteiger partial charge on any atom is 0.165 e. The normalized spacial score (nSPS) is 14.6. The Hall–Kier alpha value is -1.13. The van der Waals surface area contributed by atoms with Crippen LogP contribution in [-0.2, 0) is 6.54 Å². The van der Waals surface area contributed by atoms with Gasteiger partial charge in [-0.25, -0.2) is 4.39 Å². The Balaban J connectivity index is 2.52. The number of benzene rings is 1. The highest BCUT2D eigenvalue weighted by molar-refractivity contribution is 5.29. The summed E-state index contributed by atoms with van der Waals surface area (Å²) in [7, 11) is 1.44. The number of ether oxygens (including phenoxy) is 1. The lowest BCUT2D eigenvalue weighted by Gasteiger charge is -2.28. The van der Waals surface area contributed by atoms with Gasteiger partial charge < -0.3 is 15.2 Å². The van der Waals surface area contributed by atoms with Gasteiger partial charge in [0.25, 0.3) is 0 Å². The summed E-state index contributed by atoms with van der Waals surface area (Å²) < 4.78 is 18.3. The van der Waals surface area contributed by atoms with Crippen LogP contribution in [0.25, 0.3) is 0 Å². The first-order valence-electron chi connectivity index (χ1n) is 6.12. The van der Waals surface area contributed by atoms with Crippen molar-refractivity contribution in [2.45, 2.75) is 32.9 Å². The lowest BCUT2D eigenvalue weighted by Crippen LogP contribution is -2.41. The van der Waals surface area contributed by atoms with Gasteiger partial charge in [0.05, 0.1) is 12.7 Å². The van der Waals surface area contributed by atoms with Crippen LogP contribution in [0.4, 0.5) is 4.39 Å². The van der Waals surface area contributed by atoms with E-state index in [1.165, 1.54) is 13.2 Å². The maximum atomic E-state index is 13.4. The van der Waals surface area contributed by atoms with Crippen molar-refractivity contribution in [2.24, 2.45) is 5.92 Å². The monoisotopic (exact) mass is 255 g/mol. The van der Waals surface area contributed by atoms with Gasteiger partial charge in [0.15, 0.2) is 11.6 Å². The highest BCUT2D eigenvalue weighted by atomic mass is 19.1. The summed E-state index contributed by atoms with van der Waals surface area (Å²) in [5.41, 5.74) is 0.0678. The molecule has 0 fully saturated rings. The van der Waals surface area contributed by atoms with Crippen LogP contribution in [0, 0.1) is 11.7 Å². The molecule has 0 amide bonds. The van der Waals surface area contributed by atoms with E-state index in [-0.39, 0.29) is 17.5 Å². The number of aliphatic hydroxyl groups is 1. The smallest absolute Gasteiger partial charge is 0.165 e.